The fraction of sp³-hybridized carbons (Fsp3) is 0.455. The molecule has 0 saturated carbocycles. The van der Waals surface area contributed by atoms with Crippen LogP contribution < -0.4 is 5.32 Å². The topological polar surface area (TPSA) is 62.2 Å². The largest absolute Gasteiger partial charge is 0.388 e. The Hall–Kier alpha value is -1.49. The molecule has 2 N–H and O–H groups in total. The third-order valence-corrected chi connectivity index (χ3v) is 2.35. The quantitative estimate of drug-likeness (QED) is 0.808. The van der Waals surface area contributed by atoms with E-state index in [2.05, 4.69) is 10.3 Å². The highest BCUT2D eigenvalue weighted by atomic mass is 19.1. The van der Waals surface area contributed by atoms with Crippen LogP contribution in [0.1, 0.15) is 30.8 Å². The summed E-state index contributed by atoms with van der Waals surface area (Å²) in [5, 5.41) is 12.2. The molecule has 0 aliphatic heterocycles. The van der Waals surface area contributed by atoms with Gasteiger partial charge in [0.2, 0.25) is 0 Å². The van der Waals surface area contributed by atoms with Crippen LogP contribution in [0.5, 0.6) is 0 Å². The lowest BCUT2D eigenvalue weighted by Crippen LogP contribution is -2.40. The minimum Gasteiger partial charge on any atom is -0.388 e. The van der Waals surface area contributed by atoms with Crippen molar-refractivity contribution in [3.8, 4) is 0 Å². The molecule has 0 spiro atoms. The number of hydrogen-bond donors (Lipinski definition) is 2. The van der Waals surface area contributed by atoms with Crippen LogP contribution in [0.15, 0.2) is 18.3 Å². The van der Waals surface area contributed by atoms with E-state index in [1.165, 1.54) is 12.1 Å². The summed E-state index contributed by atoms with van der Waals surface area (Å²) in [5.74, 6) is -0.911. The second-order valence-corrected chi connectivity index (χ2v) is 3.89. The van der Waals surface area contributed by atoms with E-state index in [0.717, 1.165) is 6.20 Å². The number of nitrogens with zero attached hydrogens (tertiary/aromatic N) is 1. The van der Waals surface area contributed by atoms with E-state index in [1.54, 1.807) is 6.92 Å². The van der Waals surface area contributed by atoms with Crippen molar-refractivity contribution in [3.05, 3.63) is 29.8 Å². The van der Waals surface area contributed by atoms with E-state index in [1.807, 2.05) is 6.92 Å². The Bertz CT molecular complexity index is 363. The van der Waals surface area contributed by atoms with E-state index in [9.17, 15) is 14.3 Å². The predicted octanol–water partition coefficient (Wildman–Crippen LogP) is 1.11. The lowest BCUT2D eigenvalue weighted by atomic mass is 10.0. The molecule has 88 valence electrons. The molecule has 1 atom stereocenters. The first kappa shape index (κ1) is 12.6. The van der Waals surface area contributed by atoms with Crippen molar-refractivity contribution in [2.45, 2.75) is 25.9 Å². The van der Waals surface area contributed by atoms with E-state index >= 15 is 0 Å². The van der Waals surface area contributed by atoms with Crippen molar-refractivity contribution in [1.29, 1.82) is 0 Å². The molecule has 0 saturated heterocycles. The number of aromatic nitrogens is 1. The van der Waals surface area contributed by atoms with Gasteiger partial charge >= 0.3 is 0 Å². The van der Waals surface area contributed by atoms with Crippen LogP contribution in [0.2, 0.25) is 0 Å². The van der Waals surface area contributed by atoms with Gasteiger partial charge in [0.25, 0.3) is 5.91 Å². The molecule has 1 aromatic rings. The van der Waals surface area contributed by atoms with Gasteiger partial charge in [-0.15, -0.1) is 0 Å². The highest BCUT2D eigenvalue weighted by Gasteiger charge is 2.19. The Morgan fingerprint density at radius 3 is 2.81 bits per heavy atom. The first-order valence-electron chi connectivity index (χ1n) is 5.07. The third-order valence-electron chi connectivity index (χ3n) is 2.35. The van der Waals surface area contributed by atoms with Crippen molar-refractivity contribution >= 4 is 5.91 Å². The SMILES string of the molecule is CCC(C)(O)CNC(=O)c1ccc(F)cn1. The molecule has 5 heteroatoms. The molecule has 0 aliphatic rings. The van der Waals surface area contributed by atoms with E-state index in [-0.39, 0.29) is 12.2 Å². The predicted molar refractivity (Wildman–Crippen MR) is 57.4 cm³/mol. The molecule has 1 unspecified atom stereocenters. The second kappa shape index (κ2) is 5.03. The molecule has 16 heavy (non-hydrogen) atoms. The number of hydrogen-bond acceptors (Lipinski definition) is 3. The summed E-state index contributed by atoms with van der Waals surface area (Å²) in [6, 6.07) is 2.46. The molecule has 4 nitrogen and oxygen atoms in total. The fourth-order valence-electron chi connectivity index (χ4n) is 0.996. The third kappa shape index (κ3) is 3.58. The lowest BCUT2D eigenvalue weighted by Gasteiger charge is -2.21. The van der Waals surface area contributed by atoms with Gasteiger partial charge in [0.15, 0.2) is 0 Å². The fourth-order valence-corrected chi connectivity index (χ4v) is 0.996. The first-order chi connectivity index (χ1) is 7.44. The van der Waals surface area contributed by atoms with Gasteiger partial charge in [-0.1, -0.05) is 6.92 Å². The van der Waals surface area contributed by atoms with Crippen LogP contribution >= 0.6 is 0 Å². The van der Waals surface area contributed by atoms with Crippen LogP contribution in [0.4, 0.5) is 4.39 Å². The van der Waals surface area contributed by atoms with Crippen molar-refractivity contribution < 1.29 is 14.3 Å². The number of halogens is 1. The smallest absolute Gasteiger partial charge is 0.269 e. The van der Waals surface area contributed by atoms with Crippen molar-refractivity contribution in [3.63, 3.8) is 0 Å². The van der Waals surface area contributed by atoms with E-state index in [0.29, 0.717) is 6.42 Å². The molecule has 0 fully saturated rings. The highest BCUT2D eigenvalue weighted by molar-refractivity contribution is 5.92. The van der Waals surface area contributed by atoms with Gasteiger partial charge in [0, 0.05) is 6.54 Å². The summed E-state index contributed by atoms with van der Waals surface area (Å²) in [6.45, 7) is 3.59. The van der Waals surface area contributed by atoms with Gasteiger partial charge in [0.1, 0.15) is 11.5 Å². The molecule has 1 rings (SSSR count). The summed E-state index contributed by atoms with van der Waals surface area (Å²) in [5.41, 5.74) is -0.802. The monoisotopic (exact) mass is 226 g/mol. The Labute approximate surface area is 93.5 Å². The average molecular weight is 226 g/mol. The number of pyridine rings is 1. The van der Waals surface area contributed by atoms with Crippen molar-refractivity contribution in [2.75, 3.05) is 6.54 Å². The number of carbonyl (C=O) groups is 1. The molecule has 0 aliphatic carbocycles. The Morgan fingerprint density at radius 2 is 2.31 bits per heavy atom. The zero-order valence-electron chi connectivity index (χ0n) is 9.33. The van der Waals surface area contributed by atoms with Crippen LogP contribution in [0, 0.1) is 5.82 Å². The second-order valence-electron chi connectivity index (χ2n) is 3.89. The summed E-state index contributed by atoms with van der Waals surface area (Å²) >= 11 is 0. The number of nitrogens with one attached hydrogen (secondary N) is 1. The summed E-state index contributed by atoms with van der Waals surface area (Å²) in [4.78, 5) is 15.1. The minimum absolute atomic E-state index is 0.133. The number of amides is 1. The Kier molecular flexibility index (Phi) is 3.95. The average Bonchev–Trinajstić information content (AvgIpc) is 2.27. The zero-order valence-corrected chi connectivity index (χ0v) is 9.33. The number of rotatable bonds is 4. The van der Waals surface area contributed by atoms with Gasteiger partial charge in [0.05, 0.1) is 11.8 Å². The van der Waals surface area contributed by atoms with Crippen LogP contribution in [0.3, 0.4) is 0 Å². The van der Waals surface area contributed by atoms with Crippen LogP contribution in [-0.4, -0.2) is 28.1 Å². The maximum atomic E-state index is 12.5. The zero-order chi connectivity index (χ0) is 12.2. The van der Waals surface area contributed by atoms with Crippen molar-refractivity contribution in [2.24, 2.45) is 0 Å². The first-order valence-corrected chi connectivity index (χ1v) is 5.07. The Morgan fingerprint density at radius 1 is 1.62 bits per heavy atom. The van der Waals surface area contributed by atoms with Crippen LogP contribution in [-0.2, 0) is 0 Å². The van der Waals surface area contributed by atoms with E-state index < -0.39 is 17.3 Å². The minimum atomic E-state index is -0.935. The molecule has 0 bridgehead atoms. The normalized spacial score (nSPS) is 14.2. The molecule has 0 aromatic carbocycles. The van der Waals surface area contributed by atoms with Crippen LogP contribution in [0.25, 0.3) is 0 Å². The summed E-state index contributed by atoms with van der Waals surface area (Å²) < 4.78 is 12.5. The van der Waals surface area contributed by atoms with E-state index in [4.69, 9.17) is 0 Å². The van der Waals surface area contributed by atoms with Crippen molar-refractivity contribution in [1.82, 2.24) is 10.3 Å². The molecule has 1 heterocycles. The maximum Gasteiger partial charge on any atom is 0.269 e. The highest BCUT2D eigenvalue weighted by Crippen LogP contribution is 2.06. The summed E-state index contributed by atoms with van der Waals surface area (Å²) in [7, 11) is 0. The lowest BCUT2D eigenvalue weighted by molar-refractivity contribution is 0.0517. The number of aliphatic hydroxyl groups is 1. The summed E-state index contributed by atoms with van der Waals surface area (Å²) in [6.07, 6.45) is 1.51. The van der Waals surface area contributed by atoms with Gasteiger partial charge in [-0.25, -0.2) is 9.37 Å². The molecule has 1 aromatic heterocycles. The standard InChI is InChI=1S/C11H15FN2O2/c1-3-11(2,16)7-14-10(15)9-5-4-8(12)6-13-9/h4-6,16H,3,7H2,1-2H3,(H,14,15). The molecular weight excluding hydrogens is 211 g/mol. The van der Waals surface area contributed by atoms with Gasteiger partial charge < -0.3 is 10.4 Å². The number of carbonyl (C=O) groups excluding carboxylic acids is 1. The molecule has 0 radical (unpaired) electrons. The molecular formula is C11H15FN2O2. The van der Waals surface area contributed by atoms with Gasteiger partial charge in [-0.2, -0.15) is 0 Å². The molecule has 1 amide bonds. The van der Waals surface area contributed by atoms with Gasteiger partial charge in [-0.05, 0) is 25.5 Å². The maximum absolute atomic E-state index is 12.5. The van der Waals surface area contributed by atoms with Gasteiger partial charge in [-0.3, -0.25) is 4.79 Å². The Balaban J connectivity index is 2.56.